The maximum Gasteiger partial charge on any atom is 0.387 e. The van der Waals surface area contributed by atoms with Crippen molar-refractivity contribution in [3.05, 3.63) is 48.5 Å². The third-order valence-electron chi connectivity index (χ3n) is 6.45. The number of rotatable bonds is 6. The lowest BCUT2D eigenvalue weighted by atomic mass is 10.1. The van der Waals surface area contributed by atoms with Gasteiger partial charge in [-0.2, -0.15) is 19.0 Å². The molecule has 2 N–H and O–H groups in total. The number of ether oxygens (including phenoxy) is 1. The number of halogens is 2. The van der Waals surface area contributed by atoms with Gasteiger partial charge in [0.05, 0.1) is 23.8 Å². The molecular weight excluding hydrogens is 518 g/mol. The Morgan fingerprint density at radius 2 is 2.21 bits per heavy atom. The average molecular weight is 541 g/mol. The number of likely N-dealkylation sites (tertiary alicyclic amines) is 1. The van der Waals surface area contributed by atoms with E-state index < -0.39 is 18.6 Å². The molecule has 14 heteroatoms. The molecule has 1 aromatic carbocycles. The monoisotopic (exact) mass is 540 g/mol. The van der Waals surface area contributed by atoms with E-state index in [1.165, 1.54) is 21.5 Å². The van der Waals surface area contributed by atoms with E-state index in [0.29, 0.717) is 30.8 Å². The van der Waals surface area contributed by atoms with Gasteiger partial charge in [0.15, 0.2) is 5.65 Å². The Balaban J connectivity index is 1.46. The topological polar surface area (TPSA) is 119 Å². The first-order chi connectivity index (χ1) is 18.4. The number of alkyl halides is 2. The number of nitrogens with zero attached hydrogens (tertiary/aromatic N) is 6. The van der Waals surface area contributed by atoms with E-state index >= 15 is 0 Å². The molecule has 3 aromatic heterocycles. The lowest BCUT2D eigenvalue weighted by Gasteiger charge is -2.20. The van der Waals surface area contributed by atoms with Crippen molar-refractivity contribution in [2.75, 3.05) is 36.5 Å². The minimum absolute atomic E-state index is 0.0954. The van der Waals surface area contributed by atoms with Crippen LogP contribution >= 0.6 is 11.8 Å². The lowest BCUT2D eigenvalue weighted by Crippen LogP contribution is -2.24. The van der Waals surface area contributed by atoms with Crippen LogP contribution in [0.2, 0.25) is 0 Å². The fourth-order valence-electron chi connectivity index (χ4n) is 4.61. The maximum atomic E-state index is 13.4. The van der Waals surface area contributed by atoms with Gasteiger partial charge in [0.2, 0.25) is 5.91 Å². The Morgan fingerprint density at radius 1 is 1.34 bits per heavy atom. The molecule has 2 aliphatic rings. The Labute approximate surface area is 219 Å². The fraction of sp³-hybridized carbons (Fsp3) is 0.292. The van der Waals surface area contributed by atoms with Crippen LogP contribution in [0.4, 0.5) is 20.2 Å². The Kier molecular flexibility index (Phi) is 6.10. The van der Waals surface area contributed by atoms with E-state index in [1.807, 2.05) is 0 Å². The van der Waals surface area contributed by atoms with Crippen LogP contribution < -0.4 is 15.4 Å². The SMILES string of the molecule is CN1CC[C@H](n2cc(NC(=O)c3cnn4cccnc34)c(-c3cc4c(cc3OC(F)F)NCCS4)n2)C1=O. The van der Waals surface area contributed by atoms with Crippen molar-refractivity contribution < 1.29 is 23.1 Å². The van der Waals surface area contributed by atoms with E-state index in [2.05, 4.69) is 25.8 Å². The predicted octanol–water partition coefficient (Wildman–Crippen LogP) is 3.37. The van der Waals surface area contributed by atoms with Crippen molar-refractivity contribution in [2.45, 2.75) is 24.0 Å². The molecule has 38 heavy (non-hydrogen) atoms. The number of carbonyl (C=O) groups excluding carboxylic acids is 2. The van der Waals surface area contributed by atoms with Crippen molar-refractivity contribution >= 4 is 40.6 Å². The van der Waals surface area contributed by atoms with Gasteiger partial charge in [0.1, 0.15) is 23.0 Å². The predicted molar refractivity (Wildman–Crippen MR) is 136 cm³/mol. The smallest absolute Gasteiger partial charge is 0.387 e. The van der Waals surface area contributed by atoms with Crippen molar-refractivity contribution in [3.8, 4) is 17.0 Å². The van der Waals surface area contributed by atoms with Crippen LogP contribution in [0.1, 0.15) is 22.8 Å². The summed E-state index contributed by atoms with van der Waals surface area (Å²) >= 11 is 1.57. The zero-order valence-corrected chi connectivity index (χ0v) is 20.9. The second kappa shape index (κ2) is 9.59. The van der Waals surface area contributed by atoms with Crippen molar-refractivity contribution in [3.63, 3.8) is 0 Å². The number of hydrogen-bond acceptors (Lipinski definition) is 8. The first kappa shape index (κ1) is 24.2. The summed E-state index contributed by atoms with van der Waals surface area (Å²) in [7, 11) is 1.70. The van der Waals surface area contributed by atoms with Gasteiger partial charge in [-0.1, -0.05) is 0 Å². The van der Waals surface area contributed by atoms with Crippen LogP contribution in [0.25, 0.3) is 16.9 Å². The standard InChI is InChI=1S/C24H22F2N8O3S/c1-32-7-3-17(23(32)36)34-12-16(30-22(35)14-11-29-33-6-2-4-28-21(14)33)20(31-34)13-9-19-15(27-5-8-38-19)10-18(13)37-24(25)26/h2,4,6,9-12,17,24,27H,3,5,7-8H2,1H3,(H,30,35)/t17-/m0/s1. The van der Waals surface area contributed by atoms with Gasteiger partial charge in [-0.05, 0) is 18.6 Å². The summed E-state index contributed by atoms with van der Waals surface area (Å²) < 4.78 is 34.7. The summed E-state index contributed by atoms with van der Waals surface area (Å²) in [4.78, 5) is 32.7. The second-order valence-electron chi connectivity index (χ2n) is 8.83. The number of benzene rings is 1. The molecule has 196 valence electrons. The van der Waals surface area contributed by atoms with Gasteiger partial charge < -0.3 is 20.3 Å². The highest BCUT2D eigenvalue weighted by atomic mass is 32.2. The Morgan fingerprint density at radius 3 is 3.00 bits per heavy atom. The van der Waals surface area contributed by atoms with E-state index in [9.17, 15) is 18.4 Å². The number of aromatic nitrogens is 5. The zero-order valence-electron chi connectivity index (χ0n) is 20.1. The van der Waals surface area contributed by atoms with E-state index in [-0.39, 0.29) is 34.2 Å². The van der Waals surface area contributed by atoms with Crippen molar-refractivity contribution in [1.82, 2.24) is 29.3 Å². The van der Waals surface area contributed by atoms with E-state index in [4.69, 9.17) is 4.74 Å². The molecule has 1 saturated heterocycles. The molecule has 2 aliphatic heterocycles. The Bertz CT molecular complexity index is 1550. The molecule has 2 amide bonds. The molecule has 1 atom stereocenters. The first-order valence-corrected chi connectivity index (χ1v) is 12.8. The fourth-order valence-corrected chi connectivity index (χ4v) is 5.52. The maximum absolute atomic E-state index is 13.4. The molecule has 4 aromatic rings. The molecule has 0 bridgehead atoms. The van der Waals surface area contributed by atoms with Gasteiger partial charge in [-0.3, -0.25) is 14.3 Å². The number of anilines is 2. The van der Waals surface area contributed by atoms with Crippen molar-refractivity contribution in [1.29, 1.82) is 0 Å². The van der Waals surface area contributed by atoms with Crippen LogP contribution in [-0.4, -0.2) is 73.6 Å². The molecule has 5 heterocycles. The lowest BCUT2D eigenvalue weighted by molar-refractivity contribution is -0.129. The van der Waals surface area contributed by atoms with Gasteiger partial charge in [0.25, 0.3) is 5.91 Å². The summed E-state index contributed by atoms with van der Waals surface area (Å²) in [6, 6.07) is 4.33. The average Bonchev–Trinajstić information content (AvgIpc) is 3.60. The zero-order chi connectivity index (χ0) is 26.4. The van der Waals surface area contributed by atoms with Gasteiger partial charge >= 0.3 is 6.61 Å². The summed E-state index contributed by atoms with van der Waals surface area (Å²) in [6.07, 6.45) is 6.67. The number of fused-ring (bicyclic) bond motifs is 2. The quantitative estimate of drug-likeness (QED) is 0.382. The molecule has 0 spiro atoms. The number of amides is 2. The Hall–Kier alpha value is -4.20. The summed E-state index contributed by atoms with van der Waals surface area (Å²) in [5.74, 6) is 0.0594. The van der Waals surface area contributed by atoms with Crippen LogP contribution in [0.5, 0.6) is 5.75 Å². The number of hydrogen-bond donors (Lipinski definition) is 2. The molecule has 0 radical (unpaired) electrons. The largest absolute Gasteiger partial charge is 0.434 e. The normalized spacial score (nSPS) is 17.1. The number of nitrogens with one attached hydrogen (secondary N) is 2. The van der Waals surface area contributed by atoms with Crippen molar-refractivity contribution in [2.24, 2.45) is 0 Å². The third-order valence-corrected chi connectivity index (χ3v) is 7.51. The minimum Gasteiger partial charge on any atom is -0.434 e. The molecule has 0 aliphatic carbocycles. The number of carbonyl (C=O) groups is 2. The molecule has 6 rings (SSSR count). The summed E-state index contributed by atoms with van der Waals surface area (Å²) in [6.45, 7) is -1.83. The molecule has 0 saturated carbocycles. The summed E-state index contributed by atoms with van der Waals surface area (Å²) in [5.41, 5.74) is 1.96. The number of likely N-dealkylation sites (N-methyl/N-ethyl adjacent to an activating group) is 1. The van der Waals surface area contributed by atoms with E-state index in [0.717, 1.165) is 10.6 Å². The highest BCUT2D eigenvalue weighted by molar-refractivity contribution is 7.99. The third kappa shape index (κ3) is 4.30. The highest BCUT2D eigenvalue weighted by Crippen LogP contribution is 2.43. The highest BCUT2D eigenvalue weighted by Gasteiger charge is 2.33. The first-order valence-electron chi connectivity index (χ1n) is 11.8. The van der Waals surface area contributed by atoms with Crippen LogP contribution in [-0.2, 0) is 4.79 Å². The van der Waals surface area contributed by atoms with Gasteiger partial charge in [-0.25, -0.2) is 9.50 Å². The molecule has 0 unspecified atom stereocenters. The summed E-state index contributed by atoms with van der Waals surface area (Å²) in [5, 5.41) is 14.8. The van der Waals surface area contributed by atoms with Crippen LogP contribution in [0, 0.1) is 0 Å². The molecule has 1 fully saturated rings. The second-order valence-corrected chi connectivity index (χ2v) is 9.97. The van der Waals surface area contributed by atoms with Crippen LogP contribution in [0.3, 0.4) is 0 Å². The van der Waals surface area contributed by atoms with Gasteiger partial charge in [0, 0.05) is 54.8 Å². The van der Waals surface area contributed by atoms with Crippen LogP contribution in [0.15, 0.2) is 47.9 Å². The van der Waals surface area contributed by atoms with E-state index in [1.54, 1.807) is 54.4 Å². The number of thioether (sulfide) groups is 1. The molecule has 11 nitrogen and oxygen atoms in total. The molecular formula is C24H22F2N8O3S. The minimum atomic E-state index is -3.07. The van der Waals surface area contributed by atoms with Gasteiger partial charge in [-0.15, -0.1) is 11.8 Å².